The van der Waals surface area contributed by atoms with E-state index in [1.165, 1.54) is 17.4 Å². The molecule has 1 aromatic carbocycles. The van der Waals surface area contributed by atoms with Crippen LogP contribution < -0.4 is 10.0 Å². The molecule has 0 saturated carbocycles. The molecule has 0 bridgehead atoms. The number of anilines is 1. The summed E-state index contributed by atoms with van der Waals surface area (Å²) in [6.45, 7) is 5.41. The highest BCUT2D eigenvalue weighted by molar-refractivity contribution is 7.89. The van der Waals surface area contributed by atoms with Gasteiger partial charge in [-0.15, -0.1) is 11.3 Å². The Hall–Kier alpha value is -1.95. The van der Waals surface area contributed by atoms with Crippen molar-refractivity contribution in [2.45, 2.75) is 31.7 Å². The van der Waals surface area contributed by atoms with Gasteiger partial charge in [0.25, 0.3) is 0 Å². The van der Waals surface area contributed by atoms with Crippen molar-refractivity contribution in [1.82, 2.24) is 18.5 Å². The molecule has 3 rings (SSSR count). The van der Waals surface area contributed by atoms with Crippen molar-refractivity contribution in [1.29, 1.82) is 0 Å². The maximum Gasteiger partial charge on any atom is 0.244 e. The summed E-state index contributed by atoms with van der Waals surface area (Å²) in [5, 5.41) is 3.10. The number of thiazole rings is 1. The van der Waals surface area contributed by atoms with E-state index in [0.29, 0.717) is 16.2 Å². The molecule has 11 heteroatoms. The minimum absolute atomic E-state index is 0.00675. The zero-order valence-electron chi connectivity index (χ0n) is 14.3. The summed E-state index contributed by atoms with van der Waals surface area (Å²) < 4.78 is 36.3. The van der Waals surface area contributed by atoms with Gasteiger partial charge in [-0.1, -0.05) is 19.9 Å². The van der Waals surface area contributed by atoms with E-state index in [1.807, 2.05) is 6.92 Å². The molecule has 0 spiro atoms. The maximum atomic E-state index is 12.9. The van der Waals surface area contributed by atoms with Gasteiger partial charge in [0.05, 0.1) is 11.7 Å². The van der Waals surface area contributed by atoms with Crippen LogP contribution in [0.1, 0.15) is 18.7 Å². The summed E-state index contributed by atoms with van der Waals surface area (Å²) in [5.41, 5.74) is 0.796. The lowest BCUT2D eigenvalue weighted by Crippen LogP contribution is -2.47. The van der Waals surface area contributed by atoms with Gasteiger partial charge in [-0.25, -0.2) is 13.4 Å². The van der Waals surface area contributed by atoms with Crippen molar-refractivity contribution >= 4 is 55.2 Å². The highest BCUT2D eigenvalue weighted by Crippen LogP contribution is 2.22. The minimum atomic E-state index is -3.96. The third-order valence-electron chi connectivity index (χ3n) is 3.62. The molecule has 26 heavy (non-hydrogen) atoms. The predicted octanol–water partition coefficient (Wildman–Crippen LogP) is 2.40. The quantitative estimate of drug-likeness (QED) is 0.644. The molecule has 2 aromatic heterocycles. The molecule has 2 N–H and O–H groups in total. The number of carbonyl (C=O) groups is 1. The SMILES string of the molecule is Cc1cnc(NC(=O)C(NS(=O)(=O)c2cccc3nsnc23)C(C)C)s1. The summed E-state index contributed by atoms with van der Waals surface area (Å²) in [4.78, 5) is 17.6. The minimum Gasteiger partial charge on any atom is -0.301 e. The zero-order chi connectivity index (χ0) is 18.9. The lowest BCUT2D eigenvalue weighted by molar-refractivity contribution is -0.118. The predicted molar refractivity (Wildman–Crippen MR) is 102 cm³/mol. The van der Waals surface area contributed by atoms with Crippen LogP contribution >= 0.6 is 23.1 Å². The number of aryl methyl sites for hydroxylation is 1. The van der Waals surface area contributed by atoms with Crippen LogP contribution in [0.3, 0.4) is 0 Å². The normalized spacial score (nSPS) is 13.2. The lowest BCUT2D eigenvalue weighted by Gasteiger charge is -2.21. The Morgan fingerprint density at radius 2 is 2.00 bits per heavy atom. The second-order valence-corrected chi connectivity index (χ2v) is 9.44. The third kappa shape index (κ3) is 3.90. The van der Waals surface area contributed by atoms with E-state index in [4.69, 9.17) is 0 Å². The summed E-state index contributed by atoms with van der Waals surface area (Å²) >= 11 is 2.27. The maximum absolute atomic E-state index is 12.9. The first-order valence-corrected chi connectivity index (χ1v) is 10.8. The molecule has 0 aliphatic rings. The molecule has 2 heterocycles. The summed E-state index contributed by atoms with van der Waals surface area (Å²) in [5.74, 6) is -0.722. The van der Waals surface area contributed by atoms with E-state index in [-0.39, 0.29) is 10.8 Å². The number of hydrogen-bond donors (Lipinski definition) is 2. The van der Waals surface area contributed by atoms with Gasteiger partial charge in [-0.05, 0) is 25.0 Å². The molecule has 0 fully saturated rings. The van der Waals surface area contributed by atoms with E-state index in [1.54, 1.807) is 32.2 Å². The third-order valence-corrected chi connectivity index (χ3v) is 6.46. The Morgan fingerprint density at radius 3 is 2.65 bits per heavy atom. The van der Waals surface area contributed by atoms with Crippen LogP contribution in [0.5, 0.6) is 0 Å². The summed E-state index contributed by atoms with van der Waals surface area (Å²) in [6, 6.07) is 3.79. The molecule has 3 aromatic rings. The van der Waals surface area contributed by atoms with Crippen LogP contribution in [0, 0.1) is 12.8 Å². The number of nitrogens with zero attached hydrogens (tertiary/aromatic N) is 3. The number of amides is 1. The molecule has 0 saturated heterocycles. The Labute approximate surface area is 159 Å². The Balaban J connectivity index is 1.87. The largest absolute Gasteiger partial charge is 0.301 e. The van der Waals surface area contributed by atoms with Crippen LogP contribution in [0.15, 0.2) is 29.3 Å². The van der Waals surface area contributed by atoms with Gasteiger partial charge < -0.3 is 5.32 Å². The molecule has 1 amide bonds. The van der Waals surface area contributed by atoms with Gasteiger partial charge >= 0.3 is 0 Å². The average molecular weight is 412 g/mol. The summed E-state index contributed by atoms with van der Waals surface area (Å²) in [6.07, 6.45) is 1.64. The smallest absolute Gasteiger partial charge is 0.244 e. The molecule has 0 aliphatic heterocycles. The van der Waals surface area contributed by atoms with Crippen molar-refractivity contribution in [3.05, 3.63) is 29.3 Å². The van der Waals surface area contributed by atoms with E-state index in [2.05, 4.69) is 23.8 Å². The first-order chi connectivity index (χ1) is 12.3. The standard InChI is InChI=1S/C15H17N5O3S3/c1-8(2)12(14(21)17-15-16-7-9(3)24-15)20-26(22,23)11-6-4-5-10-13(11)19-25-18-10/h4-8,12,20H,1-3H3,(H,16,17,21). The number of aromatic nitrogens is 3. The fraction of sp³-hybridized carbons (Fsp3) is 0.333. The lowest BCUT2D eigenvalue weighted by atomic mass is 10.1. The van der Waals surface area contributed by atoms with Gasteiger partial charge in [0, 0.05) is 11.1 Å². The molecule has 8 nitrogen and oxygen atoms in total. The van der Waals surface area contributed by atoms with E-state index >= 15 is 0 Å². The van der Waals surface area contributed by atoms with Crippen molar-refractivity contribution in [2.24, 2.45) is 5.92 Å². The number of benzene rings is 1. The second-order valence-electron chi connectivity index (χ2n) is 6.00. The molecule has 0 radical (unpaired) electrons. The van der Waals surface area contributed by atoms with Crippen molar-refractivity contribution in [3.63, 3.8) is 0 Å². The van der Waals surface area contributed by atoms with Gasteiger partial charge in [0.15, 0.2) is 5.13 Å². The molecule has 1 atom stereocenters. The molecule has 138 valence electrons. The Kier molecular flexibility index (Phi) is 5.32. The van der Waals surface area contributed by atoms with Crippen LogP contribution in [-0.4, -0.2) is 34.1 Å². The number of sulfonamides is 1. The first kappa shape index (κ1) is 18.8. The van der Waals surface area contributed by atoms with Crippen molar-refractivity contribution < 1.29 is 13.2 Å². The number of nitrogens with one attached hydrogen (secondary N) is 2. The van der Waals surface area contributed by atoms with Crippen LogP contribution in [-0.2, 0) is 14.8 Å². The van der Waals surface area contributed by atoms with Crippen LogP contribution in [0.4, 0.5) is 5.13 Å². The fourth-order valence-electron chi connectivity index (χ4n) is 2.32. The second kappa shape index (κ2) is 7.35. The number of carbonyl (C=O) groups excluding carboxylic acids is 1. The molecule has 0 aliphatic carbocycles. The monoisotopic (exact) mass is 411 g/mol. The average Bonchev–Trinajstić information content (AvgIpc) is 3.20. The summed E-state index contributed by atoms with van der Waals surface area (Å²) in [7, 11) is -3.96. The number of rotatable bonds is 6. The fourth-order valence-corrected chi connectivity index (χ4v) is 5.09. The van der Waals surface area contributed by atoms with Gasteiger partial charge in [0.1, 0.15) is 22.0 Å². The highest BCUT2D eigenvalue weighted by Gasteiger charge is 2.30. The topological polar surface area (TPSA) is 114 Å². The highest BCUT2D eigenvalue weighted by atomic mass is 32.2. The first-order valence-electron chi connectivity index (χ1n) is 7.75. The Bertz CT molecular complexity index is 1040. The van der Waals surface area contributed by atoms with E-state index in [9.17, 15) is 13.2 Å². The molecule has 1 unspecified atom stereocenters. The van der Waals surface area contributed by atoms with Gasteiger partial charge in [-0.2, -0.15) is 13.5 Å². The number of fused-ring (bicyclic) bond motifs is 1. The molecular weight excluding hydrogens is 394 g/mol. The van der Waals surface area contributed by atoms with E-state index < -0.39 is 22.0 Å². The Morgan fingerprint density at radius 1 is 1.23 bits per heavy atom. The van der Waals surface area contributed by atoms with Crippen LogP contribution in [0.25, 0.3) is 11.0 Å². The van der Waals surface area contributed by atoms with Gasteiger partial charge in [0.2, 0.25) is 15.9 Å². The number of hydrogen-bond acceptors (Lipinski definition) is 8. The zero-order valence-corrected chi connectivity index (χ0v) is 16.7. The van der Waals surface area contributed by atoms with E-state index in [0.717, 1.165) is 16.6 Å². The molecular formula is C15H17N5O3S3. The van der Waals surface area contributed by atoms with Gasteiger partial charge in [-0.3, -0.25) is 4.79 Å². The van der Waals surface area contributed by atoms with Crippen LogP contribution in [0.2, 0.25) is 0 Å². The van der Waals surface area contributed by atoms with Crippen molar-refractivity contribution in [3.8, 4) is 0 Å². The van der Waals surface area contributed by atoms with Crippen molar-refractivity contribution in [2.75, 3.05) is 5.32 Å².